The van der Waals surface area contributed by atoms with Gasteiger partial charge in [-0.25, -0.2) is 8.78 Å². The molecule has 0 atom stereocenters. The number of nitrogens with one attached hydrogen (secondary N) is 1. The number of ether oxygens (including phenoxy) is 1. The molecule has 0 fully saturated rings. The molecule has 21 heavy (non-hydrogen) atoms. The first-order valence-corrected chi connectivity index (χ1v) is 6.49. The van der Waals surface area contributed by atoms with Gasteiger partial charge in [0.05, 0.1) is 7.11 Å². The number of methoxy groups -OCH3 is 1. The van der Waals surface area contributed by atoms with E-state index in [4.69, 9.17) is 9.84 Å². The minimum atomic E-state index is -0.968. The third-order valence-electron chi connectivity index (χ3n) is 3.37. The van der Waals surface area contributed by atoms with Gasteiger partial charge in [-0.15, -0.1) is 0 Å². The molecule has 0 aliphatic rings. The summed E-state index contributed by atoms with van der Waals surface area (Å²) in [6, 6.07) is 6.00. The molecule has 0 saturated carbocycles. The van der Waals surface area contributed by atoms with Crippen LogP contribution < -0.4 is 10.1 Å². The van der Waals surface area contributed by atoms with E-state index in [1.54, 1.807) is 7.11 Å². The zero-order valence-corrected chi connectivity index (χ0v) is 12.1. The fourth-order valence-corrected chi connectivity index (χ4v) is 2.25. The van der Waals surface area contributed by atoms with Gasteiger partial charge in [0, 0.05) is 17.8 Å². The number of benzene rings is 2. The van der Waals surface area contributed by atoms with Crippen LogP contribution in [0.5, 0.6) is 11.5 Å². The van der Waals surface area contributed by atoms with E-state index in [2.05, 4.69) is 5.32 Å². The highest BCUT2D eigenvalue weighted by atomic mass is 19.1. The summed E-state index contributed by atoms with van der Waals surface area (Å²) in [6.45, 7) is 4.09. The molecule has 0 saturated heterocycles. The van der Waals surface area contributed by atoms with Crippen molar-refractivity contribution in [1.29, 1.82) is 0 Å². The van der Waals surface area contributed by atoms with Gasteiger partial charge in [-0.05, 0) is 43.2 Å². The number of hydrogen-bond acceptors (Lipinski definition) is 3. The van der Waals surface area contributed by atoms with Gasteiger partial charge in [-0.1, -0.05) is 6.07 Å². The molecule has 2 rings (SSSR count). The SMILES string of the molecule is COc1c(C)ccc(NCc2cc(F)c(O)c(F)c2)c1C. The van der Waals surface area contributed by atoms with Crippen LogP contribution in [0.25, 0.3) is 0 Å². The van der Waals surface area contributed by atoms with Gasteiger partial charge in [0.25, 0.3) is 0 Å². The van der Waals surface area contributed by atoms with E-state index in [-0.39, 0.29) is 6.54 Å². The number of phenols is 1. The molecule has 2 aromatic rings. The summed E-state index contributed by atoms with van der Waals surface area (Å²) in [6.07, 6.45) is 0. The van der Waals surface area contributed by atoms with Crippen LogP contribution in [0.1, 0.15) is 16.7 Å². The third-order valence-corrected chi connectivity index (χ3v) is 3.37. The summed E-state index contributed by atoms with van der Waals surface area (Å²) in [7, 11) is 1.60. The van der Waals surface area contributed by atoms with Gasteiger partial charge in [-0.3, -0.25) is 0 Å². The van der Waals surface area contributed by atoms with Gasteiger partial charge in [0.15, 0.2) is 17.4 Å². The van der Waals surface area contributed by atoms with Crippen molar-refractivity contribution in [3.05, 3.63) is 52.6 Å². The largest absolute Gasteiger partial charge is 0.503 e. The maximum atomic E-state index is 13.3. The Morgan fingerprint density at radius 2 is 1.76 bits per heavy atom. The first-order chi connectivity index (χ1) is 9.93. The van der Waals surface area contributed by atoms with Gasteiger partial charge in [0.2, 0.25) is 0 Å². The summed E-state index contributed by atoms with van der Waals surface area (Å²) >= 11 is 0. The standard InChI is InChI=1S/C16H17F2NO2/c1-9-4-5-14(10(2)16(9)21-3)19-8-11-6-12(17)15(20)13(18)7-11/h4-7,19-20H,8H2,1-3H3. The third kappa shape index (κ3) is 3.07. The van der Waals surface area contributed by atoms with Crippen molar-refractivity contribution in [3.8, 4) is 11.5 Å². The van der Waals surface area contributed by atoms with Crippen molar-refractivity contribution < 1.29 is 18.6 Å². The van der Waals surface area contributed by atoms with Crippen LogP contribution in [0.3, 0.4) is 0 Å². The Labute approximate surface area is 122 Å². The lowest BCUT2D eigenvalue weighted by Crippen LogP contribution is -2.04. The molecule has 5 heteroatoms. The van der Waals surface area contributed by atoms with Crippen LogP contribution in [0, 0.1) is 25.5 Å². The number of anilines is 1. The summed E-state index contributed by atoms with van der Waals surface area (Å²) in [4.78, 5) is 0. The first-order valence-electron chi connectivity index (χ1n) is 6.49. The second-order valence-electron chi connectivity index (χ2n) is 4.85. The molecule has 112 valence electrons. The zero-order valence-electron chi connectivity index (χ0n) is 12.1. The van der Waals surface area contributed by atoms with Crippen LogP contribution in [-0.4, -0.2) is 12.2 Å². The van der Waals surface area contributed by atoms with Crippen LogP contribution in [0.2, 0.25) is 0 Å². The lowest BCUT2D eigenvalue weighted by atomic mass is 10.1. The summed E-state index contributed by atoms with van der Waals surface area (Å²) in [5.41, 5.74) is 3.17. The number of halogens is 2. The predicted octanol–water partition coefficient (Wildman–Crippen LogP) is 3.91. The summed E-state index contributed by atoms with van der Waals surface area (Å²) in [5.74, 6) is -2.11. The van der Waals surface area contributed by atoms with Gasteiger partial charge in [0.1, 0.15) is 5.75 Å². The lowest BCUT2D eigenvalue weighted by Gasteiger charge is -2.15. The van der Waals surface area contributed by atoms with Crippen molar-refractivity contribution in [2.75, 3.05) is 12.4 Å². The van der Waals surface area contributed by atoms with Crippen molar-refractivity contribution in [3.63, 3.8) is 0 Å². The van der Waals surface area contributed by atoms with Gasteiger partial charge >= 0.3 is 0 Å². The van der Waals surface area contributed by atoms with E-state index < -0.39 is 17.4 Å². The van der Waals surface area contributed by atoms with Crippen molar-refractivity contribution in [2.24, 2.45) is 0 Å². The molecule has 0 amide bonds. The minimum Gasteiger partial charge on any atom is -0.503 e. The van der Waals surface area contributed by atoms with Crippen LogP contribution in [0.4, 0.5) is 14.5 Å². The topological polar surface area (TPSA) is 41.5 Å². The molecular weight excluding hydrogens is 276 g/mol. The quantitative estimate of drug-likeness (QED) is 0.898. The highest BCUT2D eigenvalue weighted by molar-refractivity contribution is 5.59. The van der Waals surface area contributed by atoms with E-state index >= 15 is 0 Å². The molecule has 2 aromatic carbocycles. The Bertz CT molecular complexity index is 649. The predicted molar refractivity (Wildman–Crippen MR) is 77.8 cm³/mol. The Morgan fingerprint density at radius 3 is 2.33 bits per heavy atom. The molecular formula is C16H17F2NO2. The number of aryl methyl sites for hydroxylation is 1. The maximum absolute atomic E-state index is 13.3. The molecule has 0 aliphatic carbocycles. The normalized spacial score (nSPS) is 10.5. The zero-order chi connectivity index (χ0) is 15.6. The molecule has 2 N–H and O–H groups in total. The van der Waals surface area contributed by atoms with Crippen molar-refractivity contribution in [1.82, 2.24) is 0 Å². The second-order valence-corrected chi connectivity index (χ2v) is 4.85. The molecule has 0 radical (unpaired) electrons. The lowest BCUT2D eigenvalue weighted by molar-refractivity contribution is 0.395. The Balaban J connectivity index is 2.21. The Kier molecular flexibility index (Phi) is 4.31. The highest BCUT2D eigenvalue weighted by Crippen LogP contribution is 2.29. The van der Waals surface area contributed by atoms with Gasteiger partial charge in [-0.2, -0.15) is 0 Å². The number of hydrogen-bond donors (Lipinski definition) is 2. The van der Waals surface area contributed by atoms with E-state index in [1.165, 1.54) is 0 Å². The van der Waals surface area contributed by atoms with E-state index in [0.717, 1.165) is 34.7 Å². The fraction of sp³-hybridized carbons (Fsp3) is 0.250. The van der Waals surface area contributed by atoms with Crippen LogP contribution in [0.15, 0.2) is 24.3 Å². The number of phenolic OH excluding ortho intramolecular Hbond substituents is 1. The van der Waals surface area contributed by atoms with E-state index in [9.17, 15) is 8.78 Å². The molecule has 0 unspecified atom stereocenters. The van der Waals surface area contributed by atoms with Gasteiger partial charge < -0.3 is 15.2 Å². The minimum absolute atomic E-state index is 0.237. The molecule has 0 heterocycles. The van der Waals surface area contributed by atoms with Crippen LogP contribution >= 0.6 is 0 Å². The second kappa shape index (κ2) is 5.99. The molecule has 0 aromatic heterocycles. The van der Waals surface area contributed by atoms with Crippen LogP contribution in [-0.2, 0) is 6.54 Å². The maximum Gasteiger partial charge on any atom is 0.187 e. The van der Waals surface area contributed by atoms with Crippen molar-refractivity contribution >= 4 is 5.69 Å². The average molecular weight is 293 g/mol. The molecule has 0 bridgehead atoms. The molecule has 3 nitrogen and oxygen atoms in total. The Morgan fingerprint density at radius 1 is 1.14 bits per heavy atom. The smallest absolute Gasteiger partial charge is 0.187 e. The summed E-state index contributed by atoms with van der Waals surface area (Å²) in [5, 5.41) is 12.2. The number of rotatable bonds is 4. The van der Waals surface area contributed by atoms with Crippen molar-refractivity contribution in [2.45, 2.75) is 20.4 Å². The fourth-order valence-electron chi connectivity index (χ4n) is 2.25. The first kappa shape index (κ1) is 15.1. The monoisotopic (exact) mass is 293 g/mol. The highest BCUT2D eigenvalue weighted by Gasteiger charge is 2.11. The van der Waals surface area contributed by atoms with E-state index in [0.29, 0.717) is 5.56 Å². The Hall–Kier alpha value is -2.30. The average Bonchev–Trinajstić information content (AvgIpc) is 2.44. The summed E-state index contributed by atoms with van der Waals surface area (Å²) < 4.78 is 31.9. The molecule has 0 aliphatic heterocycles. The van der Waals surface area contributed by atoms with E-state index in [1.807, 2.05) is 26.0 Å². The molecule has 0 spiro atoms. The number of aromatic hydroxyl groups is 1.